The Hall–Kier alpha value is -2.26. The first-order valence-electron chi connectivity index (χ1n) is 8.03. The van der Waals surface area contributed by atoms with Crippen LogP contribution in [0.5, 0.6) is 0 Å². The number of fused-ring (bicyclic) bond motifs is 1. The first-order valence-corrected chi connectivity index (χ1v) is 8.85. The molecule has 0 unspecified atom stereocenters. The molecular formula is C18H21N3O2S. The molecule has 0 spiro atoms. The average Bonchev–Trinajstić information content (AvgIpc) is 3.08. The Morgan fingerprint density at radius 1 is 1.42 bits per heavy atom. The average molecular weight is 343 g/mol. The Morgan fingerprint density at radius 3 is 2.88 bits per heavy atom. The van der Waals surface area contributed by atoms with Gasteiger partial charge in [0.1, 0.15) is 16.7 Å². The number of ether oxygens (including phenoxy) is 1. The number of amides is 1. The van der Waals surface area contributed by atoms with Gasteiger partial charge >= 0.3 is 6.09 Å². The Bertz CT molecular complexity index is 801. The van der Waals surface area contributed by atoms with Crippen LogP contribution in [0.3, 0.4) is 0 Å². The third kappa shape index (κ3) is 3.46. The van der Waals surface area contributed by atoms with Gasteiger partial charge in [0.25, 0.3) is 0 Å². The molecule has 0 saturated carbocycles. The summed E-state index contributed by atoms with van der Waals surface area (Å²) < 4.78 is 6.43. The zero-order valence-corrected chi connectivity index (χ0v) is 14.9. The van der Waals surface area contributed by atoms with Crippen LogP contribution in [0.1, 0.15) is 32.8 Å². The van der Waals surface area contributed by atoms with Crippen molar-refractivity contribution in [2.75, 3.05) is 18.0 Å². The van der Waals surface area contributed by atoms with E-state index in [2.05, 4.69) is 16.3 Å². The molecule has 1 aliphatic rings. The summed E-state index contributed by atoms with van der Waals surface area (Å²) in [6, 6.07) is 10.3. The van der Waals surface area contributed by atoms with Gasteiger partial charge in [-0.25, -0.2) is 4.79 Å². The largest absolute Gasteiger partial charge is 0.444 e. The summed E-state index contributed by atoms with van der Waals surface area (Å²) in [4.78, 5) is 14.1. The molecule has 3 rings (SSSR count). The topological polar surface area (TPSA) is 65.4 Å². The van der Waals surface area contributed by atoms with Gasteiger partial charge in [0, 0.05) is 23.2 Å². The molecule has 1 atom stereocenters. The van der Waals surface area contributed by atoms with Crippen LogP contribution in [0, 0.1) is 11.3 Å². The fourth-order valence-corrected chi connectivity index (χ4v) is 4.09. The fraction of sp³-hybridized carbons (Fsp3) is 0.444. The van der Waals surface area contributed by atoms with Crippen LogP contribution in [0.25, 0.3) is 10.1 Å². The van der Waals surface area contributed by atoms with Gasteiger partial charge in [-0.2, -0.15) is 5.26 Å². The van der Waals surface area contributed by atoms with Crippen molar-refractivity contribution in [2.45, 2.75) is 38.8 Å². The lowest BCUT2D eigenvalue weighted by Gasteiger charge is -2.22. The number of nitrogens with one attached hydrogen (secondary N) is 1. The maximum Gasteiger partial charge on any atom is 0.407 e. The standard InChI is InChI=1S/C18H21N3O2S/c1-18(2,3)23-17(22)20-12-8-9-21(11-12)16-14(10-19)13-6-4-5-7-15(13)24-16/h4-7,12H,8-9,11H2,1-3H3,(H,20,22)/t12-/m0/s1. The van der Waals surface area contributed by atoms with E-state index in [9.17, 15) is 10.1 Å². The number of carbonyl (C=O) groups is 1. The van der Waals surface area contributed by atoms with Gasteiger partial charge < -0.3 is 15.0 Å². The number of benzene rings is 1. The van der Waals surface area contributed by atoms with Crippen LogP contribution in [-0.2, 0) is 4.74 Å². The highest BCUT2D eigenvalue weighted by atomic mass is 32.1. The highest BCUT2D eigenvalue weighted by Gasteiger charge is 2.29. The predicted octanol–water partition coefficient (Wildman–Crippen LogP) is 3.88. The quantitative estimate of drug-likeness (QED) is 0.899. The molecular weight excluding hydrogens is 322 g/mol. The number of nitrogens with zero attached hydrogens (tertiary/aromatic N) is 2. The van der Waals surface area contributed by atoms with Gasteiger partial charge in [-0.1, -0.05) is 18.2 Å². The second kappa shape index (κ2) is 6.33. The van der Waals surface area contributed by atoms with Gasteiger partial charge in [0.15, 0.2) is 0 Å². The maximum atomic E-state index is 11.9. The smallest absolute Gasteiger partial charge is 0.407 e. The molecule has 126 valence electrons. The van der Waals surface area contributed by atoms with Crippen molar-refractivity contribution in [3.8, 4) is 6.07 Å². The lowest BCUT2D eigenvalue weighted by atomic mass is 10.2. The van der Waals surface area contributed by atoms with Crippen molar-refractivity contribution in [1.82, 2.24) is 5.32 Å². The number of alkyl carbamates (subject to hydrolysis) is 1. The zero-order chi connectivity index (χ0) is 17.3. The molecule has 1 aliphatic heterocycles. The number of anilines is 1. The van der Waals surface area contributed by atoms with Gasteiger partial charge in [-0.05, 0) is 33.3 Å². The Balaban J connectivity index is 1.72. The third-order valence-corrected chi connectivity index (χ3v) is 5.12. The molecule has 1 saturated heterocycles. The molecule has 5 nitrogen and oxygen atoms in total. The van der Waals surface area contributed by atoms with Gasteiger partial charge in [0.05, 0.1) is 11.6 Å². The van der Waals surface area contributed by atoms with Crippen LogP contribution in [0.15, 0.2) is 24.3 Å². The van der Waals surface area contributed by atoms with Crippen molar-refractivity contribution in [3.05, 3.63) is 29.8 Å². The molecule has 1 aromatic carbocycles. The SMILES string of the molecule is CC(C)(C)OC(=O)N[C@H]1CCN(c2sc3ccccc3c2C#N)C1. The molecule has 0 radical (unpaired) electrons. The molecule has 0 aliphatic carbocycles. The van der Waals surface area contributed by atoms with Gasteiger partial charge in [0.2, 0.25) is 0 Å². The molecule has 2 aromatic rings. The van der Waals surface area contributed by atoms with E-state index in [1.165, 1.54) is 0 Å². The number of hydrogen-bond donors (Lipinski definition) is 1. The van der Waals surface area contributed by atoms with Crippen molar-refractivity contribution in [1.29, 1.82) is 5.26 Å². The van der Waals surface area contributed by atoms with Crippen LogP contribution in [0.4, 0.5) is 9.80 Å². The minimum absolute atomic E-state index is 0.0385. The van der Waals surface area contributed by atoms with Crippen LogP contribution in [-0.4, -0.2) is 30.8 Å². The molecule has 6 heteroatoms. The Kier molecular flexibility index (Phi) is 4.37. The molecule has 0 bridgehead atoms. The van der Waals surface area contributed by atoms with E-state index in [4.69, 9.17) is 4.74 Å². The summed E-state index contributed by atoms with van der Waals surface area (Å²) in [5.74, 6) is 0. The molecule has 24 heavy (non-hydrogen) atoms. The highest BCUT2D eigenvalue weighted by molar-refractivity contribution is 7.23. The monoisotopic (exact) mass is 343 g/mol. The summed E-state index contributed by atoms with van der Waals surface area (Å²) in [7, 11) is 0. The molecule has 1 fully saturated rings. The van der Waals surface area contributed by atoms with Crippen molar-refractivity contribution in [3.63, 3.8) is 0 Å². The Morgan fingerprint density at radius 2 is 2.17 bits per heavy atom. The second-order valence-electron chi connectivity index (χ2n) is 6.97. The highest BCUT2D eigenvalue weighted by Crippen LogP contribution is 2.38. The van der Waals surface area contributed by atoms with Gasteiger partial charge in [-0.15, -0.1) is 11.3 Å². The number of carbonyl (C=O) groups excluding carboxylic acids is 1. The third-order valence-electron chi connectivity index (χ3n) is 3.89. The molecule has 1 aromatic heterocycles. The van der Waals surface area contributed by atoms with Crippen molar-refractivity contribution >= 4 is 32.5 Å². The summed E-state index contributed by atoms with van der Waals surface area (Å²) in [6.07, 6.45) is 0.462. The fourth-order valence-electron chi connectivity index (χ4n) is 2.90. The minimum Gasteiger partial charge on any atom is -0.444 e. The predicted molar refractivity (Wildman–Crippen MR) is 96.5 cm³/mol. The van der Waals surface area contributed by atoms with E-state index in [1.54, 1.807) is 11.3 Å². The minimum atomic E-state index is -0.498. The number of rotatable bonds is 2. The second-order valence-corrected chi connectivity index (χ2v) is 8.00. The van der Waals surface area contributed by atoms with Crippen LogP contribution >= 0.6 is 11.3 Å². The summed E-state index contributed by atoms with van der Waals surface area (Å²) in [5, 5.41) is 14.5. The van der Waals surface area contributed by atoms with Crippen molar-refractivity contribution < 1.29 is 9.53 Å². The summed E-state index contributed by atoms with van der Waals surface area (Å²) in [5.41, 5.74) is 0.232. The zero-order valence-electron chi connectivity index (χ0n) is 14.1. The van der Waals surface area contributed by atoms with Crippen LogP contribution in [0.2, 0.25) is 0 Å². The number of thiophene rings is 1. The molecule has 2 heterocycles. The van der Waals surface area contributed by atoms with E-state index in [-0.39, 0.29) is 12.1 Å². The lowest BCUT2D eigenvalue weighted by Crippen LogP contribution is -2.40. The Labute approximate surface area is 145 Å². The number of hydrogen-bond acceptors (Lipinski definition) is 5. The summed E-state index contributed by atoms with van der Waals surface area (Å²) in [6.45, 7) is 7.07. The van der Waals surface area contributed by atoms with E-state index in [1.807, 2.05) is 45.0 Å². The van der Waals surface area contributed by atoms with E-state index < -0.39 is 5.60 Å². The molecule has 1 N–H and O–H groups in total. The van der Waals surface area contributed by atoms with E-state index in [0.29, 0.717) is 6.54 Å². The first-order chi connectivity index (χ1) is 11.4. The number of nitriles is 1. The lowest BCUT2D eigenvalue weighted by molar-refractivity contribution is 0.0509. The molecule has 1 amide bonds. The first kappa shape index (κ1) is 16.6. The van der Waals surface area contributed by atoms with Crippen LogP contribution < -0.4 is 10.2 Å². The van der Waals surface area contributed by atoms with Gasteiger partial charge in [-0.3, -0.25) is 0 Å². The van der Waals surface area contributed by atoms with E-state index >= 15 is 0 Å². The van der Waals surface area contributed by atoms with E-state index in [0.717, 1.165) is 33.6 Å². The maximum absolute atomic E-state index is 11.9. The van der Waals surface area contributed by atoms with Crippen molar-refractivity contribution in [2.24, 2.45) is 0 Å². The normalized spacial score (nSPS) is 17.8. The summed E-state index contributed by atoms with van der Waals surface area (Å²) >= 11 is 1.64.